The number of nitrogens with zero attached hydrogens (tertiary/aromatic N) is 3. The van der Waals surface area contributed by atoms with Crippen molar-refractivity contribution in [2.75, 3.05) is 26.2 Å². The van der Waals surface area contributed by atoms with E-state index >= 15 is 0 Å². The Morgan fingerprint density at radius 3 is 2.72 bits per heavy atom. The second-order valence-electron chi connectivity index (χ2n) is 5.44. The van der Waals surface area contributed by atoms with E-state index in [0.29, 0.717) is 12.5 Å². The predicted molar refractivity (Wildman–Crippen MR) is 69.8 cm³/mol. The fourth-order valence-electron chi connectivity index (χ4n) is 3.10. The Bertz CT molecular complexity index is 330. The van der Waals surface area contributed by atoms with Crippen molar-refractivity contribution in [3.05, 3.63) is 0 Å². The van der Waals surface area contributed by atoms with Gasteiger partial charge in [0.05, 0.1) is 6.07 Å². The molecule has 18 heavy (non-hydrogen) atoms. The molecule has 0 aromatic carbocycles. The summed E-state index contributed by atoms with van der Waals surface area (Å²) in [6.07, 6.45) is 5.26. The number of carbonyl (C=O) groups is 1. The van der Waals surface area contributed by atoms with Gasteiger partial charge in [-0.3, -0.25) is 9.69 Å². The van der Waals surface area contributed by atoms with E-state index in [2.05, 4.69) is 11.0 Å². The zero-order valence-electron chi connectivity index (χ0n) is 11.3. The fourth-order valence-corrected chi connectivity index (χ4v) is 3.10. The van der Waals surface area contributed by atoms with Crippen LogP contribution in [0.15, 0.2) is 0 Å². The minimum atomic E-state index is -0.424. The summed E-state index contributed by atoms with van der Waals surface area (Å²) in [5.41, 5.74) is 0. The first-order chi connectivity index (χ1) is 8.76. The van der Waals surface area contributed by atoms with Gasteiger partial charge in [-0.05, 0) is 38.8 Å². The van der Waals surface area contributed by atoms with Gasteiger partial charge < -0.3 is 4.90 Å². The van der Waals surface area contributed by atoms with Crippen molar-refractivity contribution in [3.8, 4) is 6.07 Å². The second-order valence-corrected chi connectivity index (χ2v) is 5.44. The highest BCUT2D eigenvalue weighted by Gasteiger charge is 2.33. The summed E-state index contributed by atoms with van der Waals surface area (Å²) < 4.78 is 0. The highest BCUT2D eigenvalue weighted by molar-refractivity contribution is 5.81. The summed E-state index contributed by atoms with van der Waals surface area (Å²) in [5, 5.41) is 9.06. The van der Waals surface area contributed by atoms with Gasteiger partial charge in [0.15, 0.2) is 0 Å². The zero-order valence-corrected chi connectivity index (χ0v) is 11.3. The van der Waals surface area contributed by atoms with E-state index in [1.54, 1.807) is 0 Å². The van der Waals surface area contributed by atoms with Crippen LogP contribution in [0.5, 0.6) is 0 Å². The highest BCUT2D eigenvalue weighted by atomic mass is 16.2. The van der Waals surface area contributed by atoms with Crippen LogP contribution >= 0.6 is 0 Å². The number of hydrogen-bond donors (Lipinski definition) is 0. The van der Waals surface area contributed by atoms with Crippen LogP contribution in [0.2, 0.25) is 0 Å². The maximum atomic E-state index is 12.2. The number of amides is 1. The largest absolute Gasteiger partial charge is 0.340 e. The van der Waals surface area contributed by atoms with Crippen LogP contribution in [0.3, 0.4) is 0 Å². The minimum absolute atomic E-state index is 0.0565. The van der Waals surface area contributed by atoms with Gasteiger partial charge in [-0.2, -0.15) is 5.26 Å². The van der Waals surface area contributed by atoms with Crippen molar-refractivity contribution in [1.82, 2.24) is 9.80 Å². The van der Waals surface area contributed by atoms with Gasteiger partial charge in [-0.15, -0.1) is 0 Å². The molecule has 2 unspecified atom stereocenters. The molecule has 0 aliphatic carbocycles. The van der Waals surface area contributed by atoms with Gasteiger partial charge >= 0.3 is 0 Å². The molecule has 0 spiro atoms. The van der Waals surface area contributed by atoms with Crippen molar-refractivity contribution < 1.29 is 4.79 Å². The number of rotatable bonds is 4. The molecule has 2 aliphatic rings. The molecule has 2 heterocycles. The molecule has 2 rings (SSSR count). The van der Waals surface area contributed by atoms with Gasteiger partial charge in [0.25, 0.3) is 0 Å². The number of nitriles is 1. The van der Waals surface area contributed by atoms with E-state index in [0.717, 1.165) is 25.9 Å². The third-order valence-electron chi connectivity index (χ3n) is 4.16. The summed E-state index contributed by atoms with van der Waals surface area (Å²) >= 11 is 0. The van der Waals surface area contributed by atoms with E-state index in [1.165, 1.54) is 25.9 Å². The van der Waals surface area contributed by atoms with Gasteiger partial charge in [-0.25, -0.2) is 0 Å². The topological polar surface area (TPSA) is 47.3 Å². The van der Waals surface area contributed by atoms with Crippen molar-refractivity contribution in [1.29, 1.82) is 5.26 Å². The van der Waals surface area contributed by atoms with Crippen LogP contribution in [0.25, 0.3) is 0 Å². The summed E-state index contributed by atoms with van der Waals surface area (Å²) in [6.45, 7) is 6.06. The molecular weight excluding hydrogens is 226 g/mol. The first-order valence-corrected chi connectivity index (χ1v) is 7.18. The molecule has 4 nitrogen and oxygen atoms in total. The van der Waals surface area contributed by atoms with E-state index in [9.17, 15) is 4.79 Å². The Kier molecular flexibility index (Phi) is 4.60. The van der Waals surface area contributed by atoms with E-state index < -0.39 is 5.92 Å². The highest BCUT2D eigenvalue weighted by Crippen LogP contribution is 2.22. The Morgan fingerprint density at radius 1 is 1.39 bits per heavy atom. The van der Waals surface area contributed by atoms with E-state index in [1.807, 2.05) is 11.8 Å². The summed E-state index contributed by atoms with van der Waals surface area (Å²) in [4.78, 5) is 16.6. The molecular formula is C14H23N3O. The molecule has 0 aromatic rings. The van der Waals surface area contributed by atoms with Crippen molar-refractivity contribution in [3.63, 3.8) is 0 Å². The lowest BCUT2D eigenvalue weighted by Crippen LogP contribution is -2.39. The lowest BCUT2D eigenvalue weighted by atomic mass is 10.0. The van der Waals surface area contributed by atoms with Crippen molar-refractivity contribution >= 4 is 5.91 Å². The third kappa shape index (κ3) is 2.84. The van der Waals surface area contributed by atoms with Crippen LogP contribution in [-0.4, -0.2) is 47.9 Å². The van der Waals surface area contributed by atoms with E-state index in [-0.39, 0.29) is 5.91 Å². The monoisotopic (exact) mass is 249 g/mol. The van der Waals surface area contributed by atoms with Crippen molar-refractivity contribution in [2.45, 2.75) is 45.1 Å². The maximum Gasteiger partial charge on any atom is 0.239 e. The Labute approximate surface area is 110 Å². The van der Waals surface area contributed by atoms with Gasteiger partial charge in [-0.1, -0.05) is 13.3 Å². The first kappa shape index (κ1) is 13.4. The number of likely N-dealkylation sites (tertiary alicyclic amines) is 2. The lowest BCUT2D eigenvalue weighted by Gasteiger charge is -2.24. The zero-order chi connectivity index (χ0) is 13.0. The first-order valence-electron chi connectivity index (χ1n) is 7.18. The molecule has 2 saturated heterocycles. The molecule has 2 fully saturated rings. The van der Waals surface area contributed by atoms with E-state index in [4.69, 9.17) is 5.26 Å². The lowest BCUT2D eigenvalue weighted by molar-refractivity contribution is -0.133. The fraction of sp³-hybridized carbons (Fsp3) is 0.857. The Balaban J connectivity index is 1.87. The SMILES string of the molecule is CCCC(C#N)C(=O)N1CCC(N2CCCC2)C1. The van der Waals surface area contributed by atoms with Crippen LogP contribution in [0, 0.1) is 17.2 Å². The average molecular weight is 249 g/mol. The normalized spacial score (nSPS) is 26.2. The molecule has 0 N–H and O–H groups in total. The van der Waals surface area contributed by atoms with Crippen molar-refractivity contribution in [2.24, 2.45) is 5.92 Å². The molecule has 2 atom stereocenters. The van der Waals surface area contributed by atoms with Crippen LogP contribution < -0.4 is 0 Å². The molecule has 0 aromatic heterocycles. The maximum absolute atomic E-state index is 12.2. The van der Waals surface area contributed by atoms with Gasteiger partial charge in [0.1, 0.15) is 5.92 Å². The third-order valence-corrected chi connectivity index (χ3v) is 4.16. The van der Waals surface area contributed by atoms with Crippen LogP contribution in [0.1, 0.15) is 39.0 Å². The summed E-state index contributed by atoms with van der Waals surface area (Å²) in [5.74, 6) is -0.367. The molecule has 100 valence electrons. The smallest absolute Gasteiger partial charge is 0.239 e. The predicted octanol–water partition coefficient (Wildman–Crippen LogP) is 1.62. The van der Waals surface area contributed by atoms with Gasteiger partial charge in [0.2, 0.25) is 5.91 Å². The molecule has 0 bridgehead atoms. The Hall–Kier alpha value is -1.08. The van der Waals surface area contributed by atoms with Crippen LogP contribution in [-0.2, 0) is 4.79 Å². The standard InChI is InChI=1S/C14H23N3O/c1-2-5-12(10-15)14(18)17-9-6-13(11-17)16-7-3-4-8-16/h12-13H,2-9,11H2,1H3. The Morgan fingerprint density at radius 2 is 2.11 bits per heavy atom. The molecule has 2 aliphatic heterocycles. The summed E-state index contributed by atoms with van der Waals surface area (Å²) in [6, 6.07) is 2.70. The second kappa shape index (κ2) is 6.19. The quantitative estimate of drug-likeness (QED) is 0.760. The average Bonchev–Trinajstić information content (AvgIpc) is 3.04. The molecule has 1 amide bonds. The molecule has 4 heteroatoms. The summed E-state index contributed by atoms with van der Waals surface area (Å²) in [7, 11) is 0. The molecule has 0 saturated carbocycles. The van der Waals surface area contributed by atoms with Crippen LogP contribution in [0.4, 0.5) is 0 Å². The molecule has 0 radical (unpaired) electrons. The van der Waals surface area contributed by atoms with Gasteiger partial charge in [0, 0.05) is 19.1 Å². The number of hydrogen-bond acceptors (Lipinski definition) is 3. The number of carbonyl (C=O) groups excluding carboxylic acids is 1. The minimum Gasteiger partial charge on any atom is -0.340 e.